The van der Waals surface area contributed by atoms with Crippen LogP contribution in [0.2, 0.25) is 0 Å². The molecule has 0 radical (unpaired) electrons. The highest BCUT2D eigenvalue weighted by Crippen LogP contribution is 2.41. The van der Waals surface area contributed by atoms with Crippen LogP contribution in [0.1, 0.15) is 10.4 Å². The van der Waals surface area contributed by atoms with Gasteiger partial charge in [0, 0.05) is 17.8 Å². The molecule has 1 amide bonds. The average Bonchev–Trinajstić information content (AvgIpc) is 3.33. The minimum absolute atomic E-state index is 0.00652. The summed E-state index contributed by atoms with van der Waals surface area (Å²) in [5.41, 5.74) is -1.00. The van der Waals surface area contributed by atoms with E-state index in [9.17, 15) is 18.7 Å². The van der Waals surface area contributed by atoms with Crippen molar-refractivity contribution in [1.82, 2.24) is 19.7 Å². The maximum atomic E-state index is 14.1. The fourth-order valence-electron chi connectivity index (χ4n) is 3.54. The molecule has 0 saturated heterocycles. The van der Waals surface area contributed by atoms with Crippen LogP contribution in [-0.2, 0) is 0 Å². The summed E-state index contributed by atoms with van der Waals surface area (Å²) in [6.45, 7) is 7.41. The number of hydrogen-bond acceptors (Lipinski definition) is 7. The molecule has 2 N–H and O–H groups in total. The Kier molecular flexibility index (Phi) is 6.01. The standard InChI is InChI=1S/C25H14F2N8O2/c1-28-19-13-31-35(25-29-10-5-11-30-25)23(19)34-33-20-15-7-3-2-6-14(15)12-16(22(20)36)24(37)32-21-17(26)8-4-9-18(21)27/h2-13,36H,(H,32,37). The van der Waals surface area contributed by atoms with Crippen LogP contribution >= 0.6 is 0 Å². The smallest absolute Gasteiger partial charge is 0.259 e. The molecule has 180 valence electrons. The molecular formula is C25H14F2N8O2. The molecule has 12 heteroatoms. The lowest BCUT2D eigenvalue weighted by molar-refractivity contribution is 0.102. The first kappa shape index (κ1) is 23.2. The molecule has 2 heterocycles. The summed E-state index contributed by atoms with van der Waals surface area (Å²) in [4.78, 5) is 24.5. The van der Waals surface area contributed by atoms with E-state index >= 15 is 0 Å². The van der Waals surface area contributed by atoms with E-state index in [1.807, 2.05) is 0 Å². The van der Waals surface area contributed by atoms with Gasteiger partial charge in [0.05, 0.1) is 18.3 Å². The number of nitrogens with one attached hydrogen (secondary N) is 1. The molecule has 10 nitrogen and oxygen atoms in total. The van der Waals surface area contributed by atoms with Gasteiger partial charge in [-0.15, -0.1) is 10.2 Å². The van der Waals surface area contributed by atoms with Gasteiger partial charge in [0.25, 0.3) is 17.5 Å². The first-order valence-corrected chi connectivity index (χ1v) is 10.6. The second-order valence-electron chi connectivity index (χ2n) is 7.52. The van der Waals surface area contributed by atoms with Crippen molar-refractivity contribution in [3.8, 4) is 11.7 Å². The van der Waals surface area contributed by atoms with Gasteiger partial charge in [0.2, 0.25) is 0 Å². The number of aromatic hydroxyl groups is 1. The minimum Gasteiger partial charge on any atom is -0.505 e. The third-order valence-electron chi connectivity index (χ3n) is 5.27. The number of amides is 1. The van der Waals surface area contributed by atoms with Gasteiger partial charge >= 0.3 is 0 Å². The number of fused-ring (bicyclic) bond motifs is 1. The molecule has 0 aliphatic rings. The summed E-state index contributed by atoms with van der Waals surface area (Å²) < 4.78 is 29.4. The number of para-hydroxylation sites is 1. The number of halogens is 2. The van der Waals surface area contributed by atoms with Gasteiger partial charge in [0.1, 0.15) is 23.0 Å². The van der Waals surface area contributed by atoms with Crippen molar-refractivity contribution in [2.45, 2.75) is 0 Å². The van der Waals surface area contributed by atoms with Crippen molar-refractivity contribution in [3.63, 3.8) is 0 Å². The van der Waals surface area contributed by atoms with Crippen LogP contribution < -0.4 is 5.32 Å². The van der Waals surface area contributed by atoms with Crippen molar-refractivity contribution < 1.29 is 18.7 Å². The molecule has 5 aromatic rings. The van der Waals surface area contributed by atoms with Crippen LogP contribution in [0.5, 0.6) is 5.75 Å². The molecule has 0 bridgehead atoms. The number of nitrogens with zero attached hydrogens (tertiary/aromatic N) is 7. The van der Waals surface area contributed by atoms with Gasteiger partial charge in [-0.3, -0.25) is 4.79 Å². The lowest BCUT2D eigenvalue weighted by Gasteiger charge is -2.12. The summed E-state index contributed by atoms with van der Waals surface area (Å²) in [7, 11) is 0. The summed E-state index contributed by atoms with van der Waals surface area (Å²) >= 11 is 0. The first-order chi connectivity index (χ1) is 18.0. The zero-order chi connectivity index (χ0) is 25.9. The molecule has 0 spiro atoms. The van der Waals surface area contributed by atoms with E-state index in [2.05, 4.69) is 35.5 Å². The molecular weight excluding hydrogens is 482 g/mol. The minimum atomic E-state index is -0.975. The van der Waals surface area contributed by atoms with Gasteiger partial charge in [-0.05, 0) is 29.7 Å². The van der Waals surface area contributed by atoms with E-state index in [1.54, 1.807) is 30.3 Å². The van der Waals surface area contributed by atoms with E-state index < -0.39 is 29.0 Å². The SMILES string of the molecule is [C-]#[N+]c1cnn(-c2ncccn2)c1N=Nc1c(O)c(C(=O)Nc2c(F)cccc2F)cc2ccccc12. The van der Waals surface area contributed by atoms with Crippen molar-refractivity contribution in [2.75, 3.05) is 5.32 Å². The third kappa shape index (κ3) is 4.32. The maximum absolute atomic E-state index is 14.1. The van der Waals surface area contributed by atoms with Gasteiger partial charge < -0.3 is 10.4 Å². The number of rotatable bonds is 5. The van der Waals surface area contributed by atoms with E-state index in [-0.39, 0.29) is 28.7 Å². The molecule has 0 atom stereocenters. The molecule has 0 unspecified atom stereocenters. The quantitative estimate of drug-likeness (QED) is 0.228. The Bertz CT molecular complexity index is 1710. The Morgan fingerprint density at radius 2 is 1.76 bits per heavy atom. The van der Waals surface area contributed by atoms with Crippen LogP contribution in [0.15, 0.2) is 83.4 Å². The van der Waals surface area contributed by atoms with Crippen LogP contribution in [0, 0.1) is 18.2 Å². The number of hydrogen-bond donors (Lipinski definition) is 2. The number of aromatic nitrogens is 4. The molecule has 2 aromatic heterocycles. The van der Waals surface area contributed by atoms with Crippen LogP contribution in [-0.4, -0.2) is 30.8 Å². The lowest BCUT2D eigenvalue weighted by atomic mass is 10.0. The van der Waals surface area contributed by atoms with Crippen LogP contribution in [0.25, 0.3) is 21.6 Å². The third-order valence-corrected chi connectivity index (χ3v) is 5.27. The molecule has 0 saturated carbocycles. The Morgan fingerprint density at radius 3 is 2.49 bits per heavy atom. The fourth-order valence-corrected chi connectivity index (χ4v) is 3.54. The van der Waals surface area contributed by atoms with Gasteiger partial charge in [-0.25, -0.2) is 23.6 Å². The predicted octanol–water partition coefficient (Wildman–Crippen LogP) is 6.02. The van der Waals surface area contributed by atoms with Crippen LogP contribution in [0.3, 0.4) is 0 Å². The largest absolute Gasteiger partial charge is 0.505 e. The number of benzene rings is 3. The van der Waals surface area contributed by atoms with Gasteiger partial charge in [-0.2, -0.15) is 9.78 Å². The van der Waals surface area contributed by atoms with E-state index in [0.717, 1.165) is 18.2 Å². The number of azo groups is 1. The zero-order valence-electron chi connectivity index (χ0n) is 18.7. The van der Waals surface area contributed by atoms with E-state index in [0.29, 0.717) is 10.8 Å². The highest BCUT2D eigenvalue weighted by Gasteiger charge is 2.21. The summed E-state index contributed by atoms with van der Waals surface area (Å²) in [5, 5.41) is 26.5. The first-order valence-electron chi connectivity index (χ1n) is 10.6. The molecule has 0 fully saturated rings. The summed E-state index contributed by atoms with van der Waals surface area (Å²) in [6.07, 6.45) is 4.24. The summed E-state index contributed by atoms with van der Waals surface area (Å²) in [6, 6.07) is 12.8. The van der Waals surface area contributed by atoms with Gasteiger partial charge in [-0.1, -0.05) is 30.3 Å². The Morgan fingerprint density at radius 1 is 1.03 bits per heavy atom. The average molecular weight is 496 g/mol. The molecule has 0 aliphatic carbocycles. The number of phenolic OH excluding ortho intramolecular Hbond substituents is 1. The number of carbonyl (C=O) groups is 1. The zero-order valence-corrected chi connectivity index (χ0v) is 18.7. The number of anilines is 1. The number of carbonyl (C=O) groups excluding carboxylic acids is 1. The Hall–Kier alpha value is -5.57. The molecule has 0 aliphatic heterocycles. The fraction of sp³-hybridized carbons (Fsp3) is 0. The topological polar surface area (TPSA) is 122 Å². The maximum Gasteiger partial charge on any atom is 0.259 e. The number of phenols is 1. The van der Waals surface area contributed by atoms with Crippen molar-refractivity contribution in [2.24, 2.45) is 10.2 Å². The molecule has 37 heavy (non-hydrogen) atoms. The Labute approximate surface area is 207 Å². The monoisotopic (exact) mass is 496 g/mol. The highest BCUT2D eigenvalue weighted by molar-refractivity contribution is 6.11. The second-order valence-corrected chi connectivity index (χ2v) is 7.52. The summed E-state index contributed by atoms with van der Waals surface area (Å²) in [5.74, 6) is -3.36. The van der Waals surface area contributed by atoms with Crippen LogP contribution in [0.4, 0.5) is 31.7 Å². The normalized spacial score (nSPS) is 11.1. The molecule has 5 rings (SSSR count). The lowest BCUT2D eigenvalue weighted by Crippen LogP contribution is -2.14. The van der Waals surface area contributed by atoms with Gasteiger partial charge in [0.15, 0.2) is 11.6 Å². The highest BCUT2D eigenvalue weighted by atomic mass is 19.1. The van der Waals surface area contributed by atoms with E-state index in [4.69, 9.17) is 6.57 Å². The second kappa shape index (κ2) is 9.59. The van der Waals surface area contributed by atoms with Crippen molar-refractivity contribution in [1.29, 1.82) is 0 Å². The van der Waals surface area contributed by atoms with E-state index in [1.165, 1.54) is 29.3 Å². The Balaban J connectivity index is 1.62. The molecule has 3 aromatic carbocycles. The predicted molar refractivity (Wildman–Crippen MR) is 130 cm³/mol. The van der Waals surface area contributed by atoms with Crippen molar-refractivity contribution >= 4 is 39.6 Å². The van der Waals surface area contributed by atoms with Crippen molar-refractivity contribution in [3.05, 3.63) is 102 Å².